The van der Waals surface area contributed by atoms with E-state index >= 15 is 0 Å². The van der Waals surface area contributed by atoms with E-state index in [0.717, 1.165) is 35.9 Å². The smallest absolute Gasteiger partial charge is 0.131 e. The molecule has 0 aromatic carbocycles. The first kappa shape index (κ1) is 13.8. The summed E-state index contributed by atoms with van der Waals surface area (Å²) in [6.45, 7) is 4.21. The molecule has 0 spiro atoms. The van der Waals surface area contributed by atoms with Gasteiger partial charge in [0.25, 0.3) is 0 Å². The highest BCUT2D eigenvalue weighted by atomic mass is 35.5. The highest BCUT2D eigenvalue weighted by Crippen LogP contribution is 2.26. The minimum absolute atomic E-state index is 0.265. The number of hydrogen-bond donors (Lipinski definition) is 1. The van der Waals surface area contributed by atoms with Crippen molar-refractivity contribution in [3.05, 3.63) is 16.4 Å². The summed E-state index contributed by atoms with van der Waals surface area (Å²) >= 11 is 6.28. The molecule has 1 aromatic heterocycles. The molecule has 0 bridgehead atoms. The minimum atomic E-state index is 0.265. The number of rotatable bonds is 4. The maximum absolute atomic E-state index is 9.15. The fraction of sp³-hybridized carbons (Fsp3) is 0.769. The molecule has 2 rings (SSSR count). The molecule has 1 aliphatic rings. The Bertz CT molecular complexity index is 403. The monoisotopic (exact) mass is 271 g/mol. The van der Waals surface area contributed by atoms with Crippen molar-refractivity contribution in [1.29, 1.82) is 0 Å². The summed E-state index contributed by atoms with van der Waals surface area (Å²) < 4.78 is 1.73. The number of piperidine rings is 1. The third-order valence-corrected chi connectivity index (χ3v) is 4.32. The van der Waals surface area contributed by atoms with E-state index in [4.69, 9.17) is 16.7 Å². The van der Waals surface area contributed by atoms with Crippen LogP contribution in [0.2, 0.25) is 5.15 Å². The van der Waals surface area contributed by atoms with E-state index in [0.29, 0.717) is 6.04 Å². The zero-order valence-corrected chi connectivity index (χ0v) is 11.9. The highest BCUT2D eigenvalue weighted by Gasteiger charge is 2.24. The number of aromatic nitrogens is 2. The van der Waals surface area contributed by atoms with Crippen LogP contribution in [0.5, 0.6) is 0 Å². The van der Waals surface area contributed by atoms with Crippen molar-refractivity contribution in [3.8, 4) is 0 Å². The van der Waals surface area contributed by atoms with Crippen molar-refractivity contribution >= 4 is 11.6 Å². The molecule has 102 valence electrons. The molecule has 1 aromatic rings. The molecule has 1 unspecified atom stereocenters. The van der Waals surface area contributed by atoms with Crippen molar-refractivity contribution in [2.45, 2.75) is 45.2 Å². The number of likely N-dealkylation sites (tertiary alicyclic amines) is 1. The molecule has 1 atom stereocenters. The van der Waals surface area contributed by atoms with Crippen molar-refractivity contribution in [1.82, 2.24) is 14.7 Å². The van der Waals surface area contributed by atoms with Crippen molar-refractivity contribution < 1.29 is 5.11 Å². The van der Waals surface area contributed by atoms with Crippen LogP contribution >= 0.6 is 11.6 Å². The lowest BCUT2D eigenvalue weighted by molar-refractivity contribution is 0.112. The molecule has 0 saturated carbocycles. The lowest BCUT2D eigenvalue weighted by Gasteiger charge is -2.35. The molecular formula is C13H22ClN3O. The van der Waals surface area contributed by atoms with Crippen LogP contribution < -0.4 is 0 Å². The predicted octanol–water partition coefficient (Wildman–Crippen LogP) is 2.12. The first-order valence-electron chi connectivity index (χ1n) is 6.66. The third kappa shape index (κ3) is 2.87. The summed E-state index contributed by atoms with van der Waals surface area (Å²) in [5.74, 6) is 0. The maximum Gasteiger partial charge on any atom is 0.131 e. The van der Waals surface area contributed by atoms with Gasteiger partial charge in [0.15, 0.2) is 0 Å². The van der Waals surface area contributed by atoms with Crippen molar-refractivity contribution in [2.24, 2.45) is 7.05 Å². The number of aryl methyl sites for hydroxylation is 2. The summed E-state index contributed by atoms with van der Waals surface area (Å²) in [6.07, 6.45) is 4.54. The van der Waals surface area contributed by atoms with E-state index in [1.807, 2.05) is 14.0 Å². The number of nitrogens with zero attached hydrogens (tertiary/aromatic N) is 3. The van der Waals surface area contributed by atoms with Gasteiger partial charge in [-0.1, -0.05) is 18.0 Å². The van der Waals surface area contributed by atoms with Gasteiger partial charge in [0.05, 0.1) is 5.69 Å². The number of hydrogen-bond acceptors (Lipinski definition) is 3. The molecule has 1 N–H and O–H groups in total. The van der Waals surface area contributed by atoms with E-state index in [1.54, 1.807) is 4.68 Å². The molecule has 0 amide bonds. The molecule has 0 aliphatic carbocycles. The van der Waals surface area contributed by atoms with Gasteiger partial charge in [-0.3, -0.25) is 9.58 Å². The average Bonchev–Trinajstić information content (AvgIpc) is 2.59. The van der Waals surface area contributed by atoms with Gasteiger partial charge in [-0.15, -0.1) is 0 Å². The Labute approximate surface area is 114 Å². The van der Waals surface area contributed by atoms with Crippen molar-refractivity contribution in [3.63, 3.8) is 0 Å². The second-order valence-electron chi connectivity index (χ2n) is 5.11. The van der Waals surface area contributed by atoms with E-state index in [1.165, 1.54) is 19.3 Å². The Morgan fingerprint density at radius 2 is 2.22 bits per heavy atom. The minimum Gasteiger partial charge on any atom is -0.396 e. The van der Waals surface area contributed by atoms with Crippen LogP contribution in [0.1, 0.15) is 36.9 Å². The first-order valence-corrected chi connectivity index (χ1v) is 7.04. The summed E-state index contributed by atoms with van der Waals surface area (Å²) in [5, 5.41) is 14.2. The summed E-state index contributed by atoms with van der Waals surface area (Å²) in [6, 6.07) is 0.486. The lowest BCUT2D eigenvalue weighted by atomic mass is 9.99. The predicted molar refractivity (Wildman–Crippen MR) is 72.7 cm³/mol. The highest BCUT2D eigenvalue weighted by molar-refractivity contribution is 6.30. The summed E-state index contributed by atoms with van der Waals surface area (Å²) in [5.41, 5.74) is 2.14. The Balaban J connectivity index is 2.10. The maximum atomic E-state index is 9.15. The van der Waals surface area contributed by atoms with Crippen LogP contribution in [-0.4, -0.2) is 39.0 Å². The zero-order valence-electron chi connectivity index (χ0n) is 11.2. The second-order valence-corrected chi connectivity index (χ2v) is 5.47. The summed E-state index contributed by atoms with van der Waals surface area (Å²) in [4.78, 5) is 2.44. The van der Waals surface area contributed by atoms with Gasteiger partial charge in [0.2, 0.25) is 0 Å². The van der Waals surface area contributed by atoms with Gasteiger partial charge in [-0.05, 0) is 32.7 Å². The molecule has 0 radical (unpaired) electrons. The second kappa shape index (κ2) is 6.04. The van der Waals surface area contributed by atoms with Crippen LogP contribution in [0.4, 0.5) is 0 Å². The number of aliphatic hydroxyl groups is 1. The van der Waals surface area contributed by atoms with E-state index in [9.17, 15) is 0 Å². The Kier molecular flexibility index (Phi) is 4.65. The molecule has 5 heteroatoms. The molecular weight excluding hydrogens is 250 g/mol. The molecule has 1 saturated heterocycles. The first-order chi connectivity index (χ1) is 8.63. The van der Waals surface area contributed by atoms with Gasteiger partial charge in [-0.2, -0.15) is 5.10 Å². The summed E-state index contributed by atoms with van der Waals surface area (Å²) in [7, 11) is 1.88. The largest absolute Gasteiger partial charge is 0.396 e. The van der Waals surface area contributed by atoms with Crippen LogP contribution in [-0.2, 0) is 13.6 Å². The Morgan fingerprint density at radius 1 is 1.44 bits per heavy atom. The van der Waals surface area contributed by atoms with E-state index in [2.05, 4.69) is 10.00 Å². The fourth-order valence-corrected chi connectivity index (χ4v) is 3.03. The molecule has 1 aliphatic heterocycles. The Hall–Kier alpha value is -0.580. The SMILES string of the molecule is Cc1nn(C)c(Cl)c1CN1CCCCC1CCO. The molecule has 2 heterocycles. The van der Waals surface area contributed by atoms with Crippen LogP contribution in [0.15, 0.2) is 0 Å². The van der Waals surface area contributed by atoms with Crippen LogP contribution in [0.3, 0.4) is 0 Å². The number of halogens is 1. The van der Waals surface area contributed by atoms with Gasteiger partial charge < -0.3 is 5.11 Å². The van der Waals surface area contributed by atoms with Gasteiger partial charge in [0, 0.05) is 31.8 Å². The fourth-order valence-electron chi connectivity index (χ4n) is 2.80. The van der Waals surface area contributed by atoms with Gasteiger partial charge >= 0.3 is 0 Å². The standard InChI is InChI=1S/C13H22ClN3O/c1-10-12(13(14)16(2)15-10)9-17-7-4-3-5-11(17)6-8-18/h11,18H,3-9H2,1-2H3. The topological polar surface area (TPSA) is 41.3 Å². The van der Waals surface area contributed by atoms with E-state index < -0.39 is 0 Å². The zero-order chi connectivity index (χ0) is 13.1. The van der Waals surface area contributed by atoms with Crippen LogP contribution in [0.25, 0.3) is 0 Å². The normalized spacial score (nSPS) is 21.4. The van der Waals surface area contributed by atoms with Gasteiger partial charge in [0.1, 0.15) is 5.15 Å². The quantitative estimate of drug-likeness (QED) is 0.912. The van der Waals surface area contributed by atoms with Crippen LogP contribution in [0, 0.1) is 6.92 Å². The molecule has 4 nitrogen and oxygen atoms in total. The van der Waals surface area contributed by atoms with E-state index in [-0.39, 0.29) is 6.61 Å². The Morgan fingerprint density at radius 3 is 2.83 bits per heavy atom. The lowest BCUT2D eigenvalue weighted by Crippen LogP contribution is -2.39. The van der Waals surface area contributed by atoms with Gasteiger partial charge in [-0.25, -0.2) is 0 Å². The number of aliphatic hydroxyl groups excluding tert-OH is 1. The third-order valence-electron chi connectivity index (χ3n) is 3.84. The molecule has 1 fully saturated rings. The van der Waals surface area contributed by atoms with Crippen molar-refractivity contribution in [2.75, 3.05) is 13.2 Å². The molecule has 18 heavy (non-hydrogen) atoms. The average molecular weight is 272 g/mol.